The fraction of sp³-hybridized carbons (Fsp3) is 0.435. The van der Waals surface area contributed by atoms with E-state index < -0.39 is 5.82 Å². The van der Waals surface area contributed by atoms with E-state index in [9.17, 15) is 14.0 Å². The molecule has 6 nitrogen and oxygen atoms in total. The maximum absolute atomic E-state index is 14.0. The van der Waals surface area contributed by atoms with Gasteiger partial charge in [-0.1, -0.05) is 13.0 Å². The zero-order valence-corrected chi connectivity index (χ0v) is 18.8. The highest BCUT2D eigenvalue weighted by atomic mass is 32.1. The molecule has 0 saturated carbocycles. The number of benzene rings is 1. The van der Waals surface area contributed by atoms with Gasteiger partial charge in [0.25, 0.3) is 5.56 Å². The lowest BCUT2D eigenvalue weighted by Gasteiger charge is -2.22. The van der Waals surface area contributed by atoms with Crippen molar-refractivity contribution in [1.29, 1.82) is 0 Å². The maximum Gasteiger partial charge on any atom is 0.262 e. The van der Waals surface area contributed by atoms with Gasteiger partial charge in [-0.05, 0) is 55.4 Å². The van der Waals surface area contributed by atoms with Gasteiger partial charge in [-0.25, -0.2) is 9.37 Å². The van der Waals surface area contributed by atoms with Crippen LogP contribution in [0, 0.1) is 11.7 Å². The molecule has 2 aromatic heterocycles. The third-order valence-electron chi connectivity index (χ3n) is 5.91. The Bertz CT molecular complexity index is 1190. The van der Waals surface area contributed by atoms with Crippen LogP contribution < -0.4 is 10.3 Å². The molecule has 0 bridgehead atoms. The molecule has 1 aliphatic rings. The SMILES string of the molecule is CCN(Cc1ccc(OC)c(F)c1)C(=O)Cn1cnc2sc3c(c2c1=O)CCC(C)C3. The first-order chi connectivity index (χ1) is 14.9. The first-order valence-electron chi connectivity index (χ1n) is 10.5. The number of methoxy groups -OCH3 is 1. The summed E-state index contributed by atoms with van der Waals surface area (Å²) >= 11 is 1.60. The van der Waals surface area contributed by atoms with Crippen molar-refractivity contribution < 1.29 is 13.9 Å². The summed E-state index contributed by atoms with van der Waals surface area (Å²) in [5.41, 5.74) is 1.62. The van der Waals surface area contributed by atoms with E-state index in [1.807, 2.05) is 6.92 Å². The van der Waals surface area contributed by atoms with E-state index in [0.29, 0.717) is 23.4 Å². The summed E-state index contributed by atoms with van der Waals surface area (Å²) in [5.74, 6) is 0.105. The number of halogens is 1. The predicted octanol–water partition coefficient (Wildman–Crippen LogP) is 3.78. The van der Waals surface area contributed by atoms with E-state index in [1.54, 1.807) is 28.4 Å². The molecule has 4 rings (SSSR count). The van der Waals surface area contributed by atoms with Gasteiger partial charge in [-0.15, -0.1) is 11.3 Å². The van der Waals surface area contributed by atoms with Gasteiger partial charge in [0.1, 0.15) is 11.4 Å². The van der Waals surface area contributed by atoms with E-state index in [2.05, 4.69) is 11.9 Å². The van der Waals surface area contributed by atoms with Crippen molar-refractivity contribution in [3.05, 3.63) is 56.7 Å². The molecular formula is C23H26FN3O3S. The van der Waals surface area contributed by atoms with Crippen LogP contribution in [0.3, 0.4) is 0 Å². The number of ether oxygens (including phenoxy) is 1. The Labute approximate surface area is 184 Å². The molecule has 1 unspecified atom stereocenters. The molecule has 8 heteroatoms. The number of aromatic nitrogens is 2. The minimum absolute atomic E-state index is 0.0880. The fourth-order valence-corrected chi connectivity index (χ4v) is 5.47. The molecule has 164 valence electrons. The number of carbonyl (C=O) groups excluding carboxylic acids is 1. The molecule has 0 fully saturated rings. The Hall–Kier alpha value is -2.74. The van der Waals surface area contributed by atoms with Gasteiger partial charge in [0, 0.05) is 18.0 Å². The van der Waals surface area contributed by atoms with Gasteiger partial charge in [-0.3, -0.25) is 14.2 Å². The average Bonchev–Trinajstić information content (AvgIpc) is 3.12. The smallest absolute Gasteiger partial charge is 0.262 e. The molecule has 2 heterocycles. The van der Waals surface area contributed by atoms with Crippen LogP contribution >= 0.6 is 11.3 Å². The summed E-state index contributed by atoms with van der Waals surface area (Å²) in [6.45, 7) is 4.70. The monoisotopic (exact) mass is 443 g/mol. The van der Waals surface area contributed by atoms with Crippen molar-refractivity contribution in [2.75, 3.05) is 13.7 Å². The topological polar surface area (TPSA) is 64.4 Å². The molecule has 0 spiro atoms. The van der Waals surface area contributed by atoms with Crippen LogP contribution in [0.1, 0.15) is 36.3 Å². The summed E-state index contributed by atoms with van der Waals surface area (Å²) in [5, 5.41) is 0.669. The largest absolute Gasteiger partial charge is 0.494 e. The fourth-order valence-electron chi connectivity index (χ4n) is 4.13. The van der Waals surface area contributed by atoms with Crippen LogP contribution in [-0.2, 0) is 30.7 Å². The normalized spacial score (nSPS) is 15.7. The molecule has 1 amide bonds. The second kappa shape index (κ2) is 8.78. The van der Waals surface area contributed by atoms with Crippen LogP contribution in [0.4, 0.5) is 4.39 Å². The Morgan fingerprint density at radius 2 is 2.23 bits per heavy atom. The van der Waals surface area contributed by atoms with Gasteiger partial charge >= 0.3 is 0 Å². The van der Waals surface area contributed by atoms with E-state index in [1.165, 1.54) is 28.9 Å². The van der Waals surface area contributed by atoms with E-state index in [4.69, 9.17) is 4.74 Å². The van der Waals surface area contributed by atoms with Gasteiger partial charge in [0.05, 0.1) is 18.8 Å². The molecule has 1 aliphatic carbocycles. The first kappa shape index (κ1) is 21.5. The standard InChI is InChI=1S/C23H26FN3O3S/c1-4-26(11-15-6-8-18(30-3)17(24)10-15)20(28)12-27-13-25-22-21(23(27)29)16-7-5-14(2)9-19(16)31-22/h6,8,10,13-14H,4-5,7,9,11-12H2,1-3H3. The zero-order chi connectivity index (χ0) is 22.1. The highest BCUT2D eigenvalue weighted by Crippen LogP contribution is 2.35. The number of aryl methyl sites for hydroxylation is 1. The number of rotatable bonds is 6. The molecule has 3 aromatic rings. The highest BCUT2D eigenvalue weighted by Gasteiger charge is 2.24. The molecule has 0 aliphatic heterocycles. The molecule has 1 atom stereocenters. The van der Waals surface area contributed by atoms with Crippen molar-refractivity contribution >= 4 is 27.5 Å². The zero-order valence-electron chi connectivity index (χ0n) is 18.0. The van der Waals surface area contributed by atoms with E-state index >= 15 is 0 Å². The van der Waals surface area contributed by atoms with Crippen LogP contribution in [-0.4, -0.2) is 34.0 Å². The molecule has 0 saturated heterocycles. The number of hydrogen-bond acceptors (Lipinski definition) is 5. The molecule has 0 N–H and O–H groups in total. The Kier molecular flexibility index (Phi) is 6.09. The molecular weight excluding hydrogens is 417 g/mol. The Morgan fingerprint density at radius 3 is 2.94 bits per heavy atom. The number of nitrogens with zero attached hydrogens (tertiary/aromatic N) is 3. The number of thiophene rings is 1. The predicted molar refractivity (Wildman–Crippen MR) is 119 cm³/mol. The van der Waals surface area contributed by atoms with E-state index in [-0.39, 0.29) is 30.3 Å². The van der Waals surface area contributed by atoms with Crippen LogP contribution in [0.15, 0.2) is 29.3 Å². The van der Waals surface area contributed by atoms with Gasteiger partial charge in [0.2, 0.25) is 5.91 Å². The third-order valence-corrected chi connectivity index (χ3v) is 7.07. The minimum atomic E-state index is -0.467. The molecule has 0 radical (unpaired) electrons. The Balaban J connectivity index is 1.56. The lowest BCUT2D eigenvalue weighted by atomic mass is 9.89. The van der Waals surface area contributed by atoms with E-state index in [0.717, 1.165) is 29.7 Å². The van der Waals surface area contributed by atoms with Crippen LogP contribution in [0.5, 0.6) is 5.75 Å². The maximum atomic E-state index is 14.0. The summed E-state index contributed by atoms with van der Waals surface area (Å²) in [4.78, 5) is 34.2. The number of hydrogen-bond donors (Lipinski definition) is 0. The summed E-state index contributed by atoms with van der Waals surface area (Å²) in [6.07, 6.45) is 4.40. The van der Waals surface area contributed by atoms with Crippen molar-refractivity contribution in [2.45, 2.75) is 46.2 Å². The number of carbonyl (C=O) groups is 1. The second-order valence-corrected chi connectivity index (χ2v) is 9.17. The summed E-state index contributed by atoms with van der Waals surface area (Å²) in [6, 6.07) is 4.65. The highest BCUT2D eigenvalue weighted by molar-refractivity contribution is 7.18. The van der Waals surface area contributed by atoms with Crippen LogP contribution in [0.25, 0.3) is 10.2 Å². The lowest BCUT2D eigenvalue weighted by molar-refractivity contribution is -0.132. The minimum Gasteiger partial charge on any atom is -0.494 e. The summed E-state index contributed by atoms with van der Waals surface area (Å²) in [7, 11) is 1.41. The van der Waals surface area contributed by atoms with Crippen molar-refractivity contribution in [3.63, 3.8) is 0 Å². The Morgan fingerprint density at radius 1 is 1.42 bits per heavy atom. The van der Waals surface area contributed by atoms with Crippen molar-refractivity contribution in [2.24, 2.45) is 5.92 Å². The number of amides is 1. The lowest BCUT2D eigenvalue weighted by Crippen LogP contribution is -2.36. The average molecular weight is 444 g/mol. The summed E-state index contributed by atoms with van der Waals surface area (Å²) < 4.78 is 20.3. The van der Waals surface area contributed by atoms with Gasteiger partial charge in [0.15, 0.2) is 11.6 Å². The molecule has 31 heavy (non-hydrogen) atoms. The molecule has 1 aromatic carbocycles. The van der Waals surface area contributed by atoms with Gasteiger partial charge in [-0.2, -0.15) is 0 Å². The quantitative estimate of drug-likeness (QED) is 0.582. The second-order valence-electron chi connectivity index (χ2n) is 8.09. The van der Waals surface area contributed by atoms with Gasteiger partial charge < -0.3 is 9.64 Å². The third kappa shape index (κ3) is 4.21. The van der Waals surface area contributed by atoms with Crippen molar-refractivity contribution in [3.8, 4) is 5.75 Å². The first-order valence-corrected chi connectivity index (χ1v) is 11.3. The van der Waals surface area contributed by atoms with Crippen molar-refractivity contribution in [1.82, 2.24) is 14.5 Å². The van der Waals surface area contributed by atoms with Crippen LogP contribution in [0.2, 0.25) is 0 Å². The number of likely N-dealkylation sites (N-methyl/N-ethyl adjacent to an activating group) is 1. The number of fused-ring (bicyclic) bond motifs is 3.